The van der Waals surface area contributed by atoms with Gasteiger partial charge in [0.15, 0.2) is 0 Å². The summed E-state index contributed by atoms with van der Waals surface area (Å²) < 4.78 is 5.80. The van der Waals surface area contributed by atoms with Crippen molar-refractivity contribution in [2.45, 2.75) is 31.9 Å². The molecule has 0 bridgehead atoms. The standard InChI is InChI=1S/C18H20ClNO/c1-12-4-3-5-16(17(12)19)18(20-2)13-6-8-14(9-7-13)21-15-10-11-15/h3-9,15,18,20H,10-11H2,1-2H3. The Balaban J connectivity index is 1.86. The normalized spacial score (nSPS) is 15.8. The number of nitrogens with one attached hydrogen (secondary N) is 1. The predicted octanol–water partition coefficient (Wildman–Crippen LogP) is 4.50. The molecule has 2 aromatic rings. The van der Waals surface area contributed by atoms with Gasteiger partial charge in [0.25, 0.3) is 0 Å². The van der Waals surface area contributed by atoms with Gasteiger partial charge in [-0.25, -0.2) is 0 Å². The molecule has 1 atom stereocenters. The number of hydrogen-bond donors (Lipinski definition) is 1. The van der Waals surface area contributed by atoms with E-state index in [4.69, 9.17) is 16.3 Å². The molecule has 1 saturated carbocycles. The molecule has 0 saturated heterocycles. The maximum Gasteiger partial charge on any atom is 0.119 e. The fourth-order valence-corrected chi connectivity index (χ4v) is 2.75. The third-order valence-electron chi connectivity index (χ3n) is 3.86. The maximum atomic E-state index is 6.46. The topological polar surface area (TPSA) is 21.3 Å². The Morgan fingerprint density at radius 1 is 1.14 bits per heavy atom. The summed E-state index contributed by atoms with van der Waals surface area (Å²) in [6, 6.07) is 14.5. The van der Waals surface area contributed by atoms with E-state index in [1.807, 2.05) is 38.2 Å². The number of halogens is 1. The summed E-state index contributed by atoms with van der Waals surface area (Å²) in [7, 11) is 1.96. The lowest BCUT2D eigenvalue weighted by Gasteiger charge is -2.20. The molecule has 0 aliphatic heterocycles. The summed E-state index contributed by atoms with van der Waals surface area (Å²) >= 11 is 6.46. The van der Waals surface area contributed by atoms with Gasteiger partial charge in [0.2, 0.25) is 0 Å². The van der Waals surface area contributed by atoms with Crippen LogP contribution in [-0.2, 0) is 0 Å². The second-order valence-corrected chi connectivity index (χ2v) is 5.96. The van der Waals surface area contributed by atoms with Crippen molar-refractivity contribution in [1.29, 1.82) is 0 Å². The number of aryl methyl sites for hydroxylation is 1. The average molecular weight is 302 g/mol. The molecule has 2 aromatic carbocycles. The van der Waals surface area contributed by atoms with E-state index in [1.54, 1.807) is 0 Å². The highest BCUT2D eigenvalue weighted by molar-refractivity contribution is 6.32. The minimum atomic E-state index is 0.0902. The van der Waals surface area contributed by atoms with Crippen molar-refractivity contribution in [3.8, 4) is 5.75 Å². The SMILES string of the molecule is CNC(c1ccc(OC2CC2)cc1)c1cccc(C)c1Cl. The van der Waals surface area contributed by atoms with Gasteiger partial charge in [0.05, 0.1) is 12.1 Å². The van der Waals surface area contributed by atoms with Crippen LogP contribution in [0.15, 0.2) is 42.5 Å². The molecule has 1 aliphatic carbocycles. The van der Waals surface area contributed by atoms with E-state index in [-0.39, 0.29) is 6.04 Å². The Hall–Kier alpha value is -1.51. The van der Waals surface area contributed by atoms with Crippen molar-refractivity contribution in [2.75, 3.05) is 7.05 Å². The summed E-state index contributed by atoms with van der Waals surface area (Å²) in [4.78, 5) is 0. The second kappa shape index (κ2) is 6.08. The molecule has 0 spiro atoms. The summed E-state index contributed by atoms with van der Waals surface area (Å²) in [6.45, 7) is 2.03. The molecule has 1 fully saturated rings. The molecule has 0 radical (unpaired) electrons. The largest absolute Gasteiger partial charge is 0.490 e. The van der Waals surface area contributed by atoms with Crippen LogP contribution >= 0.6 is 11.6 Å². The molecule has 2 nitrogen and oxygen atoms in total. The lowest BCUT2D eigenvalue weighted by atomic mass is 9.97. The van der Waals surface area contributed by atoms with E-state index in [1.165, 1.54) is 18.4 Å². The Morgan fingerprint density at radius 3 is 2.48 bits per heavy atom. The minimum Gasteiger partial charge on any atom is -0.490 e. The van der Waals surface area contributed by atoms with Crippen LogP contribution in [0.25, 0.3) is 0 Å². The van der Waals surface area contributed by atoms with Crippen LogP contribution in [0.3, 0.4) is 0 Å². The van der Waals surface area contributed by atoms with E-state index in [2.05, 4.69) is 23.5 Å². The van der Waals surface area contributed by atoms with Crippen LogP contribution in [-0.4, -0.2) is 13.2 Å². The highest BCUT2D eigenvalue weighted by Gasteiger charge is 2.23. The van der Waals surface area contributed by atoms with Crippen LogP contribution in [0.4, 0.5) is 0 Å². The van der Waals surface area contributed by atoms with Crippen LogP contribution in [0.1, 0.15) is 35.6 Å². The van der Waals surface area contributed by atoms with E-state index in [9.17, 15) is 0 Å². The van der Waals surface area contributed by atoms with Gasteiger partial charge in [-0.3, -0.25) is 0 Å². The molecule has 0 heterocycles. The number of hydrogen-bond acceptors (Lipinski definition) is 2. The van der Waals surface area contributed by atoms with Crippen LogP contribution < -0.4 is 10.1 Å². The lowest BCUT2D eigenvalue weighted by molar-refractivity contribution is 0.303. The van der Waals surface area contributed by atoms with E-state index in [0.717, 1.165) is 21.9 Å². The van der Waals surface area contributed by atoms with Crippen molar-refractivity contribution in [3.63, 3.8) is 0 Å². The van der Waals surface area contributed by atoms with E-state index < -0.39 is 0 Å². The molecule has 1 aliphatic rings. The molecule has 3 heteroatoms. The first-order valence-corrected chi connectivity index (χ1v) is 7.75. The highest BCUT2D eigenvalue weighted by Crippen LogP contribution is 2.32. The zero-order chi connectivity index (χ0) is 14.8. The molecule has 0 aromatic heterocycles. The summed E-state index contributed by atoms with van der Waals surface area (Å²) in [5.74, 6) is 0.950. The van der Waals surface area contributed by atoms with Crippen molar-refractivity contribution < 1.29 is 4.74 Å². The third kappa shape index (κ3) is 3.22. The van der Waals surface area contributed by atoms with Gasteiger partial charge >= 0.3 is 0 Å². The Labute approximate surface area is 131 Å². The average Bonchev–Trinajstić information content (AvgIpc) is 3.30. The molecule has 0 amide bonds. The first-order valence-electron chi connectivity index (χ1n) is 7.38. The van der Waals surface area contributed by atoms with Crippen LogP contribution in [0.2, 0.25) is 5.02 Å². The molecular formula is C18H20ClNO. The first kappa shape index (κ1) is 14.4. The van der Waals surface area contributed by atoms with Gasteiger partial charge < -0.3 is 10.1 Å². The summed E-state index contributed by atoms with van der Waals surface area (Å²) in [5.41, 5.74) is 3.39. The minimum absolute atomic E-state index is 0.0902. The smallest absolute Gasteiger partial charge is 0.119 e. The Morgan fingerprint density at radius 2 is 1.86 bits per heavy atom. The molecule has 21 heavy (non-hydrogen) atoms. The van der Waals surface area contributed by atoms with Crippen LogP contribution in [0, 0.1) is 6.92 Å². The fourth-order valence-electron chi connectivity index (χ4n) is 2.51. The number of benzene rings is 2. The lowest BCUT2D eigenvalue weighted by Crippen LogP contribution is -2.18. The molecular weight excluding hydrogens is 282 g/mol. The molecule has 1 unspecified atom stereocenters. The highest BCUT2D eigenvalue weighted by atomic mass is 35.5. The zero-order valence-corrected chi connectivity index (χ0v) is 13.2. The Kier molecular flexibility index (Phi) is 4.18. The van der Waals surface area contributed by atoms with Gasteiger partial charge in [0.1, 0.15) is 5.75 Å². The van der Waals surface area contributed by atoms with Crippen molar-refractivity contribution in [3.05, 3.63) is 64.2 Å². The van der Waals surface area contributed by atoms with Gasteiger partial charge in [0, 0.05) is 5.02 Å². The van der Waals surface area contributed by atoms with Gasteiger partial charge in [-0.1, -0.05) is 41.9 Å². The van der Waals surface area contributed by atoms with Crippen molar-refractivity contribution in [2.24, 2.45) is 0 Å². The van der Waals surface area contributed by atoms with Gasteiger partial charge in [-0.2, -0.15) is 0 Å². The number of rotatable bonds is 5. The quantitative estimate of drug-likeness (QED) is 0.878. The van der Waals surface area contributed by atoms with E-state index in [0.29, 0.717) is 6.10 Å². The Bertz CT molecular complexity index is 620. The summed E-state index contributed by atoms with van der Waals surface area (Å²) in [5, 5.41) is 4.18. The molecule has 3 rings (SSSR count). The van der Waals surface area contributed by atoms with Crippen molar-refractivity contribution in [1.82, 2.24) is 5.32 Å². The van der Waals surface area contributed by atoms with Crippen molar-refractivity contribution >= 4 is 11.6 Å². The van der Waals surface area contributed by atoms with Crippen LogP contribution in [0.5, 0.6) is 5.75 Å². The monoisotopic (exact) mass is 301 g/mol. The van der Waals surface area contributed by atoms with E-state index >= 15 is 0 Å². The van der Waals surface area contributed by atoms with Gasteiger partial charge in [-0.05, 0) is 55.6 Å². The third-order valence-corrected chi connectivity index (χ3v) is 4.38. The van der Waals surface area contributed by atoms with Gasteiger partial charge in [-0.15, -0.1) is 0 Å². The maximum absolute atomic E-state index is 6.46. The summed E-state index contributed by atoms with van der Waals surface area (Å²) in [6.07, 6.45) is 2.79. The number of ether oxygens (including phenoxy) is 1. The fraction of sp³-hybridized carbons (Fsp3) is 0.333. The predicted molar refractivity (Wildman–Crippen MR) is 87.2 cm³/mol. The molecule has 110 valence electrons. The molecule has 1 N–H and O–H groups in total. The first-order chi connectivity index (χ1) is 10.2. The zero-order valence-electron chi connectivity index (χ0n) is 12.4. The second-order valence-electron chi connectivity index (χ2n) is 5.59.